The fourth-order valence-electron chi connectivity index (χ4n) is 2.76. The molecule has 0 saturated carbocycles. The van der Waals surface area contributed by atoms with Gasteiger partial charge in [0.15, 0.2) is 22.9 Å². The Morgan fingerprint density at radius 1 is 1.29 bits per heavy atom. The number of carbonyl (C=O) groups is 1. The van der Waals surface area contributed by atoms with E-state index in [0.29, 0.717) is 22.1 Å². The molecule has 1 aliphatic heterocycles. The lowest BCUT2D eigenvalue weighted by Crippen LogP contribution is -2.03. The molecule has 7 nitrogen and oxygen atoms in total. The van der Waals surface area contributed by atoms with Gasteiger partial charge >= 0.3 is 5.97 Å². The third-order valence-corrected chi connectivity index (χ3v) is 4.36. The maximum absolute atomic E-state index is 12.2. The first-order chi connectivity index (χ1) is 13.6. The highest BCUT2D eigenvalue weighted by molar-refractivity contribution is 6.30. The number of benzene rings is 1. The molecule has 1 aromatic carbocycles. The molecule has 0 spiro atoms. The summed E-state index contributed by atoms with van der Waals surface area (Å²) >= 11 is 5.89. The Balaban J connectivity index is 1.76. The van der Waals surface area contributed by atoms with Crippen molar-refractivity contribution in [3.05, 3.63) is 64.5 Å². The number of hydrogen-bond donors (Lipinski definition) is 2. The van der Waals surface area contributed by atoms with Crippen molar-refractivity contribution in [1.29, 1.82) is 0 Å². The predicted octanol–water partition coefficient (Wildman–Crippen LogP) is 4.82. The third-order valence-electron chi connectivity index (χ3n) is 4.11. The number of halogens is 1. The normalized spacial score (nSPS) is 13.6. The molecule has 0 fully saturated rings. The average Bonchev–Trinajstić information content (AvgIpc) is 3.25. The van der Waals surface area contributed by atoms with Crippen LogP contribution in [0.5, 0.6) is 5.75 Å². The van der Waals surface area contributed by atoms with E-state index in [1.165, 1.54) is 7.11 Å². The zero-order valence-electron chi connectivity index (χ0n) is 14.6. The summed E-state index contributed by atoms with van der Waals surface area (Å²) in [7, 11) is 1.23. The van der Waals surface area contributed by atoms with Crippen molar-refractivity contribution >= 4 is 52.8 Å². The smallest absolute Gasteiger partial charge is 0.347 e. The van der Waals surface area contributed by atoms with Gasteiger partial charge in [0, 0.05) is 34.3 Å². The van der Waals surface area contributed by atoms with Crippen molar-refractivity contribution in [2.24, 2.45) is 4.99 Å². The highest BCUT2D eigenvalue weighted by Crippen LogP contribution is 2.39. The lowest BCUT2D eigenvalue weighted by atomic mass is 10.1. The molecule has 28 heavy (non-hydrogen) atoms. The number of anilines is 2. The van der Waals surface area contributed by atoms with Gasteiger partial charge in [0.1, 0.15) is 0 Å². The number of allylic oxidation sites excluding steroid dienone is 1. The van der Waals surface area contributed by atoms with Crippen molar-refractivity contribution in [2.75, 3.05) is 12.4 Å². The zero-order valence-corrected chi connectivity index (χ0v) is 15.4. The van der Waals surface area contributed by atoms with Crippen LogP contribution in [0, 0.1) is 0 Å². The number of aromatic nitrogens is 1. The molecule has 0 bridgehead atoms. The van der Waals surface area contributed by atoms with Crippen molar-refractivity contribution in [3.8, 4) is 5.75 Å². The molecule has 0 saturated heterocycles. The summed E-state index contributed by atoms with van der Waals surface area (Å²) in [6.45, 7) is 0. The number of methoxy groups -OCH3 is 1. The number of rotatable bonds is 4. The maximum Gasteiger partial charge on any atom is 0.347 e. The van der Waals surface area contributed by atoms with Crippen LogP contribution in [0.1, 0.15) is 21.7 Å². The number of nitrogens with zero attached hydrogens (tertiary/aromatic N) is 2. The van der Waals surface area contributed by atoms with Gasteiger partial charge in [0.2, 0.25) is 5.88 Å². The Hall–Kier alpha value is -3.58. The molecule has 3 heterocycles. The van der Waals surface area contributed by atoms with Crippen molar-refractivity contribution < 1.29 is 19.1 Å². The van der Waals surface area contributed by atoms with E-state index < -0.39 is 5.97 Å². The number of ether oxygens (including phenoxy) is 1. The zero-order chi connectivity index (χ0) is 19.7. The van der Waals surface area contributed by atoms with E-state index in [-0.39, 0.29) is 23.0 Å². The van der Waals surface area contributed by atoms with Gasteiger partial charge in [-0.3, -0.25) is 0 Å². The number of aromatic hydroxyl groups is 1. The molecule has 1 aliphatic rings. The summed E-state index contributed by atoms with van der Waals surface area (Å²) < 4.78 is 10.5. The summed E-state index contributed by atoms with van der Waals surface area (Å²) in [4.78, 5) is 20.6. The Labute approximate surface area is 165 Å². The first-order valence-corrected chi connectivity index (χ1v) is 8.62. The van der Waals surface area contributed by atoms with Gasteiger partial charge in [-0.25, -0.2) is 14.8 Å². The first kappa shape index (κ1) is 17.8. The standard InChI is InChI=1S/C20H14ClN3O4/c1-27-20(26)16-17(25)15(9-11-10-23-18-14(11)3-2-8-22-18)28-19(16)24-13-6-4-12(21)5-7-13/h2-10,24-25H,1H3/b11-9+. The monoisotopic (exact) mass is 395 g/mol. The lowest BCUT2D eigenvalue weighted by Gasteiger charge is -2.05. The van der Waals surface area contributed by atoms with Gasteiger partial charge in [0.25, 0.3) is 0 Å². The fraction of sp³-hybridized carbons (Fsp3) is 0.0500. The molecule has 3 aromatic rings. The van der Waals surface area contributed by atoms with Gasteiger partial charge in [-0.1, -0.05) is 11.6 Å². The predicted molar refractivity (Wildman–Crippen MR) is 107 cm³/mol. The van der Waals surface area contributed by atoms with Gasteiger partial charge < -0.3 is 19.6 Å². The Bertz CT molecular complexity index is 1120. The van der Waals surface area contributed by atoms with Gasteiger partial charge in [0.05, 0.1) is 7.11 Å². The molecule has 0 unspecified atom stereocenters. The van der Waals surface area contributed by atoms with Crippen molar-refractivity contribution in [1.82, 2.24) is 4.98 Å². The van der Waals surface area contributed by atoms with E-state index in [9.17, 15) is 9.90 Å². The van der Waals surface area contributed by atoms with Crippen LogP contribution in [0.15, 0.2) is 52.0 Å². The van der Waals surface area contributed by atoms with E-state index in [1.807, 2.05) is 6.07 Å². The molecule has 2 N–H and O–H groups in total. The number of aliphatic imine (C=N–C) groups is 1. The minimum Gasteiger partial charge on any atom is -0.504 e. The first-order valence-electron chi connectivity index (χ1n) is 8.24. The number of hydrogen-bond acceptors (Lipinski definition) is 7. The maximum atomic E-state index is 12.2. The van der Waals surface area contributed by atoms with Crippen molar-refractivity contribution in [2.45, 2.75) is 0 Å². The number of furan rings is 1. The van der Waals surface area contributed by atoms with Crippen LogP contribution in [0.25, 0.3) is 11.6 Å². The van der Waals surface area contributed by atoms with E-state index in [2.05, 4.69) is 15.3 Å². The topological polar surface area (TPSA) is 97.0 Å². The number of nitrogens with one attached hydrogen (secondary N) is 1. The van der Waals surface area contributed by atoms with Crippen LogP contribution in [-0.4, -0.2) is 29.4 Å². The molecule has 0 amide bonds. The summed E-state index contributed by atoms with van der Waals surface area (Å²) in [5, 5.41) is 14.1. The van der Waals surface area contributed by atoms with Crippen LogP contribution in [0.3, 0.4) is 0 Å². The minimum absolute atomic E-state index is 0.0554. The second-order valence-electron chi connectivity index (χ2n) is 5.87. The summed E-state index contributed by atoms with van der Waals surface area (Å²) in [6, 6.07) is 10.4. The van der Waals surface area contributed by atoms with Crippen LogP contribution in [-0.2, 0) is 4.74 Å². The number of pyridine rings is 1. The number of esters is 1. The van der Waals surface area contributed by atoms with E-state index in [1.54, 1.807) is 48.8 Å². The van der Waals surface area contributed by atoms with Gasteiger partial charge in [-0.2, -0.15) is 0 Å². The third kappa shape index (κ3) is 3.23. The quantitative estimate of drug-likeness (QED) is 0.614. The SMILES string of the molecule is COC(=O)c1c(Nc2ccc(Cl)cc2)oc(/C=C2\C=Nc3ncccc32)c1O. The highest BCUT2D eigenvalue weighted by atomic mass is 35.5. The molecule has 0 radical (unpaired) electrons. The average molecular weight is 396 g/mol. The van der Waals surface area contributed by atoms with Gasteiger partial charge in [-0.15, -0.1) is 0 Å². The Morgan fingerprint density at radius 2 is 2.07 bits per heavy atom. The molecule has 0 atom stereocenters. The molecular formula is C20H14ClN3O4. The van der Waals surface area contributed by atoms with Crippen molar-refractivity contribution in [3.63, 3.8) is 0 Å². The van der Waals surface area contributed by atoms with E-state index in [4.69, 9.17) is 20.8 Å². The largest absolute Gasteiger partial charge is 0.504 e. The summed E-state index contributed by atoms with van der Waals surface area (Å²) in [6.07, 6.45) is 4.85. The molecule has 4 rings (SSSR count). The molecule has 8 heteroatoms. The van der Waals surface area contributed by atoms with Crippen LogP contribution < -0.4 is 5.32 Å². The molecule has 0 aliphatic carbocycles. The Kier molecular flexibility index (Phi) is 4.58. The minimum atomic E-state index is -0.732. The van der Waals surface area contributed by atoms with Crippen LogP contribution >= 0.6 is 11.6 Å². The Morgan fingerprint density at radius 3 is 2.82 bits per heavy atom. The van der Waals surface area contributed by atoms with Gasteiger partial charge in [-0.05, 0) is 42.5 Å². The second-order valence-corrected chi connectivity index (χ2v) is 6.31. The van der Waals surface area contributed by atoms with E-state index >= 15 is 0 Å². The van der Waals surface area contributed by atoms with Crippen LogP contribution in [0.2, 0.25) is 5.02 Å². The van der Waals surface area contributed by atoms with E-state index in [0.717, 1.165) is 5.56 Å². The molecular weight excluding hydrogens is 382 g/mol. The molecule has 140 valence electrons. The lowest BCUT2D eigenvalue weighted by molar-refractivity contribution is 0.0598. The summed E-state index contributed by atoms with van der Waals surface area (Å²) in [5.74, 6) is -0.339. The summed E-state index contributed by atoms with van der Waals surface area (Å²) in [5.41, 5.74) is 2.01. The number of fused-ring (bicyclic) bond motifs is 1. The highest BCUT2D eigenvalue weighted by Gasteiger charge is 2.27. The second kappa shape index (κ2) is 7.21. The fourth-order valence-corrected chi connectivity index (χ4v) is 2.89. The van der Waals surface area contributed by atoms with Crippen LogP contribution in [0.4, 0.5) is 17.4 Å². The molecule has 2 aromatic heterocycles. The number of carbonyl (C=O) groups excluding carboxylic acids is 1.